The zero-order valence-electron chi connectivity index (χ0n) is 8.46. The largest absolute Gasteiger partial charge is 0.502 e. The molecule has 84 valence electrons. The van der Waals surface area contributed by atoms with E-state index in [9.17, 15) is 0 Å². The molecule has 0 N–H and O–H groups in total. The Morgan fingerprint density at radius 2 is 1.86 bits per heavy atom. The Balaban J connectivity index is 2.59. The molecule has 3 nitrogen and oxygen atoms in total. The summed E-state index contributed by atoms with van der Waals surface area (Å²) in [6, 6.07) is 0.756. The Morgan fingerprint density at radius 1 is 1.29 bits per heavy atom. The smallest absolute Gasteiger partial charge is 0.374 e. The summed E-state index contributed by atoms with van der Waals surface area (Å²) >= 11 is 11.9. The third-order valence-electron chi connectivity index (χ3n) is 2.03. The molecule has 0 amide bonds. The first-order valence-corrected chi connectivity index (χ1v) is 7.68. The van der Waals surface area contributed by atoms with Crippen molar-refractivity contribution in [3.05, 3.63) is 0 Å². The van der Waals surface area contributed by atoms with Crippen LogP contribution in [0.3, 0.4) is 0 Å². The van der Waals surface area contributed by atoms with Crippen molar-refractivity contribution in [1.82, 2.24) is 0 Å². The van der Waals surface area contributed by atoms with E-state index in [1.165, 1.54) is 0 Å². The van der Waals surface area contributed by atoms with Crippen LogP contribution < -0.4 is 0 Å². The van der Waals surface area contributed by atoms with Crippen LogP contribution in [0.2, 0.25) is 6.04 Å². The minimum Gasteiger partial charge on any atom is -0.374 e. The lowest BCUT2D eigenvalue weighted by Gasteiger charge is -2.36. The Bertz CT molecular complexity index is 176. The van der Waals surface area contributed by atoms with Gasteiger partial charge in [-0.3, -0.25) is 0 Å². The number of alkyl halides is 2. The first-order chi connectivity index (χ1) is 6.63. The highest BCUT2D eigenvalue weighted by atomic mass is 35.5. The third kappa shape index (κ3) is 3.08. The van der Waals surface area contributed by atoms with Crippen molar-refractivity contribution in [2.45, 2.75) is 37.3 Å². The first kappa shape index (κ1) is 12.7. The monoisotopic (exact) mass is 258 g/mol. The van der Waals surface area contributed by atoms with E-state index in [1.54, 1.807) is 0 Å². The molecule has 1 fully saturated rings. The Hall–Kier alpha value is 0.677. The predicted octanol–water partition coefficient (Wildman–Crippen LogP) is 2.59. The normalized spacial score (nSPS) is 31.7. The Morgan fingerprint density at radius 3 is 2.29 bits per heavy atom. The second-order valence-electron chi connectivity index (χ2n) is 3.07. The molecule has 14 heavy (non-hydrogen) atoms. The molecule has 2 atom stereocenters. The molecule has 2 unspecified atom stereocenters. The van der Waals surface area contributed by atoms with E-state index in [4.69, 9.17) is 36.5 Å². The van der Waals surface area contributed by atoms with Crippen molar-refractivity contribution >= 4 is 32.0 Å². The van der Waals surface area contributed by atoms with Gasteiger partial charge in [-0.2, -0.15) is 0 Å². The van der Waals surface area contributed by atoms with Crippen LogP contribution in [0, 0.1) is 0 Å². The molecule has 0 spiro atoms. The van der Waals surface area contributed by atoms with Gasteiger partial charge in [-0.25, -0.2) is 0 Å². The van der Waals surface area contributed by atoms with Crippen molar-refractivity contribution in [1.29, 1.82) is 0 Å². The Kier molecular flexibility index (Phi) is 5.17. The molecule has 0 aliphatic carbocycles. The van der Waals surface area contributed by atoms with E-state index in [1.807, 2.05) is 13.8 Å². The molecule has 0 aromatic heterocycles. The quantitative estimate of drug-likeness (QED) is 0.573. The summed E-state index contributed by atoms with van der Waals surface area (Å²) in [7, 11) is -2.50. The van der Waals surface area contributed by atoms with Gasteiger partial charge in [0.1, 0.15) is 5.56 Å². The fourth-order valence-electron chi connectivity index (χ4n) is 1.44. The van der Waals surface area contributed by atoms with Crippen molar-refractivity contribution < 1.29 is 13.3 Å². The van der Waals surface area contributed by atoms with Gasteiger partial charge >= 0.3 is 8.80 Å². The van der Waals surface area contributed by atoms with Crippen LogP contribution in [-0.4, -0.2) is 33.0 Å². The van der Waals surface area contributed by atoms with Crippen LogP contribution in [0.25, 0.3) is 0 Å². The van der Waals surface area contributed by atoms with Gasteiger partial charge in [-0.1, -0.05) is 11.6 Å². The maximum Gasteiger partial charge on any atom is 0.502 e. The second kappa shape index (κ2) is 5.68. The lowest BCUT2D eigenvalue weighted by Crippen LogP contribution is -2.52. The molecule has 0 radical (unpaired) electrons. The summed E-state index contributed by atoms with van der Waals surface area (Å²) in [6.07, 6.45) is 0.794. The minimum atomic E-state index is -2.50. The summed E-state index contributed by atoms with van der Waals surface area (Å²) in [5.41, 5.74) is -0.491. The standard InChI is InChI=1S/C8H16Cl2O3Si/c1-3-11-14(12-4-2)6-5-7(9)8(10)13-14/h7-8H,3-6H2,1-2H3. The van der Waals surface area contributed by atoms with Crippen molar-refractivity contribution in [3.8, 4) is 0 Å². The van der Waals surface area contributed by atoms with Gasteiger partial charge in [0.15, 0.2) is 0 Å². The molecule has 1 aliphatic rings. The highest BCUT2D eigenvalue weighted by molar-refractivity contribution is 6.61. The molecular formula is C8H16Cl2O3Si. The molecular weight excluding hydrogens is 243 g/mol. The molecule has 1 rings (SSSR count). The molecule has 6 heteroatoms. The lowest BCUT2D eigenvalue weighted by atomic mass is 10.3. The van der Waals surface area contributed by atoms with Crippen molar-refractivity contribution in [2.24, 2.45) is 0 Å². The number of hydrogen-bond donors (Lipinski definition) is 0. The van der Waals surface area contributed by atoms with Crippen molar-refractivity contribution in [3.63, 3.8) is 0 Å². The van der Waals surface area contributed by atoms with Gasteiger partial charge in [-0.15, -0.1) is 11.6 Å². The maximum absolute atomic E-state index is 5.95. The SMILES string of the molecule is CCO[Si]1(OCC)CCC(Cl)C(Cl)O1. The second-order valence-corrected chi connectivity index (χ2v) is 6.74. The molecule has 1 saturated heterocycles. The van der Waals surface area contributed by atoms with Gasteiger partial charge in [0.2, 0.25) is 0 Å². The molecule has 0 saturated carbocycles. The number of rotatable bonds is 4. The summed E-state index contributed by atoms with van der Waals surface area (Å²) in [4.78, 5) is 0. The fourth-order valence-corrected chi connectivity index (χ4v) is 5.08. The summed E-state index contributed by atoms with van der Waals surface area (Å²) in [5.74, 6) is 0. The molecule has 0 bridgehead atoms. The van der Waals surface area contributed by atoms with Gasteiger partial charge < -0.3 is 13.3 Å². The summed E-state index contributed by atoms with van der Waals surface area (Å²) < 4.78 is 16.8. The molecule has 1 heterocycles. The van der Waals surface area contributed by atoms with E-state index in [0.29, 0.717) is 13.2 Å². The van der Waals surface area contributed by atoms with Gasteiger partial charge in [0.05, 0.1) is 5.38 Å². The van der Waals surface area contributed by atoms with Crippen LogP contribution in [0.15, 0.2) is 0 Å². The fraction of sp³-hybridized carbons (Fsp3) is 1.00. The molecule has 0 aromatic carbocycles. The molecule has 1 aliphatic heterocycles. The topological polar surface area (TPSA) is 27.7 Å². The Labute approximate surface area is 96.0 Å². The van der Waals surface area contributed by atoms with Crippen LogP contribution in [0.5, 0.6) is 0 Å². The van der Waals surface area contributed by atoms with E-state index in [-0.39, 0.29) is 5.38 Å². The highest BCUT2D eigenvalue weighted by Gasteiger charge is 2.48. The average Bonchev–Trinajstić information content (AvgIpc) is 2.13. The van der Waals surface area contributed by atoms with E-state index < -0.39 is 14.4 Å². The van der Waals surface area contributed by atoms with Gasteiger partial charge in [0.25, 0.3) is 0 Å². The van der Waals surface area contributed by atoms with Crippen LogP contribution in [0.4, 0.5) is 0 Å². The van der Waals surface area contributed by atoms with Gasteiger partial charge in [0, 0.05) is 19.3 Å². The van der Waals surface area contributed by atoms with Gasteiger partial charge in [-0.05, 0) is 20.3 Å². The van der Waals surface area contributed by atoms with E-state index >= 15 is 0 Å². The highest BCUT2D eigenvalue weighted by Crippen LogP contribution is 2.32. The minimum absolute atomic E-state index is 0.141. The number of hydrogen-bond acceptors (Lipinski definition) is 3. The third-order valence-corrected chi connectivity index (χ3v) is 6.12. The lowest BCUT2D eigenvalue weighted by molar-refractivity contribution is 0.0420. The molecule has 0 aromatic rings. The zero-order valence-corrected chi connectivity index (χ0v) is 11.0. The maximum atomic E-state index is 5.95. The van der Waals surface area contributed by atoms with Crippen LogP contribution in [0.1, 0.15) is 20.3 Å². The number of halogens is 2. The predicted molar refractivity (Wildman–Crippen MR) is 58.8 cm³/mol. The van der Waals surface area contributed by atoms with Crippen LogP contribution >= 0.6 is 23.2 Å². The zero-order chi connectivity index (χ0) is 10.6. The van der Waals surface area contributed by atoms with Crippen molar-refractivity contribution in [2.75, 3.05) is 13.2 Å². The summed E-state index contributed by atoms with van der Waals surface area (Å²) in [6.45, 7) is 5.02. The summed E-state index contributed by atoms with van der Waals surface area (Å²) in [5, 5.41) is -0.141. The first-order valence-electron chi connectivity index (χ1n) is 4.87. The van der Waals surface area contributed by atoms with E-state index in [0.717, 1.165) is 12.5 Å². The van der Waals surface area contributed by atoms with E-state index in [2.05, 4.69) is 0 Å². The van der Waals surface area contributed by atoms with Crippen LogP contribution in [-0.2, 0) is 13.3 Å². The average molecular weight is 259 g/mol.